The van der Waals surface area contributed by atoms with Gasteiger partial charge in [0.1, 0.15) is 4.66 Å². The number of hydrogen-bond donors (Lipinski definition) is 0. The van der Waals surface area contributed by atoms with E-state index in [0.29, 0.717) is 19.7 Å². The third-order valence-corrected chi connectivity index (χ3v) is 5.85. The molecular formula is C9H19BrN2O3S. The van der Waals surface area contributed by atoms with Crippen molar-refractivity contribution in [2.24, 2.45) is 0 Å². The van der Waals surface area contributed by atoms with Crippen LogP contribution in [0, 0.1) is 0 Å². The van der Waals surface area contributed by atoms with Crippen molar-refractivity contribution in [2.45, 2.75) is 6.42 Å². The zero-order valence-corrected chi connectivity index (χ0v) is 12.0. The highest BCUT2D eigenvalue weighted by molar-refractivity contribution is 9.10. The predicted molar refractivity (Wildman–Crippen MR) is 67.2 cm³/mol. The van der Waals surface area contributed by atoms with E-state index in [1.807, 2.05) is 0 Å². The van der Waals surface area contributed by atoms with Crippen LogP contribution in [-0.4, -0.2) is 68.7 Å². The summed E-state index contributed by atoms with van der Waals surface area (Å²) < 4.78 is 29.9. The monoisotopic (exact) mass is 314 g/mol. The second-order valence-corrected chi connectivity index (χ2v) is 7.08. The summed E-state index contributed by atoms with van der Waals surface area (Å²) in [7, 11) is -1.42. The summed E-state index contributed by atoms with van der Waals surface area (Å²) in [6.07, 6.45) is 0.885. The minimum absolute atomic E-state index is 0.0120. The van der Waals surface area contributed by atoms with Gasteiger partial charge < -0.3 is 4.74 Å². The van der Waals surface area contributed by atoms with Crippen molar-refractivity contribution in [3.05, 3.63) is 0 Å². The minimum atomic E-state index is -3.10. The summed E-state index contributed by atoms with van der Waals surface area (Å²) in [6, 6.07) is 0. The smallest absolute Gasteiger partial charge is 0.224 e. The van der Waals surface area contributed by atoms with Gasteiger partial charge in [-0.1, -0.05) is 15.9 Å². The Bertz CT molecular complexity index is 297. The molecule has 1 rings (SSSR count). The third kappa shape index (κ3) is 4.29. The molecule has 1 fully saturated rings. The maximum absolute atomic E-state index is 11.7. The van der Waals surface area contributed by atoms with Crippen molar-refractivity contribution in [2.75, 3.05) is 51.1 Å². The highest BCUT2D eigenvalue weighted by Crippen LogP contribution is 2.10. The van der Waals surface area contributed by atoms with Crippen molar-refractivity contribution in [1.29, 1.82) is 0 Å². The molecule has 5 nitrogen and oxygen atoms in total. The number of halogens is 1. The normalized spacial score (nSPS) is 20.9. The van der Waals surface area contributed by atoms with Gasteiger partial charge in [0, 0.05) is 33.3 Å². The molecule has 1 aliphatic rings. The average molecular weight is 315 g/mol. The Morgan fingerprint density at radius 1 is 1.25 bits per heavy atom. The van der Waals surface area contributed by atoms with E-state index < -0.39 is 10.0 Å². The summed E-state index contributed by atoms with van der Waals surface area (Å²) in [5.41, 5.74) is 0. The molecule has 1 saturated heterocycles. The molecule has 7 heteroatoms. The van der Waals surface area contributed by atoms with Gasteiger partial charge >= 0.3 is 0 Å². The minimum Gasteiger partial charge on any atom is -0.383 e. The lowest BCUT2D eigenvalue weighted by Gasteiger charge is -2.20. The average Bonchev–Trinajstić information content (AvgIpc) is 2.52. The molecule has 0 spiro atoms. The lowest BCUT2D eigenvalue weighted by molar-refractivity contribution is 0.151. The standard InChI is InChI=1S/C9H19BrN2O3S/c1-15-8-7-11-3-2-4-12(6-5-11)16(13,14)9-10/h2-9H2,1H3. The number of hydrogen-bond acceptors (Lipinski definition) is 4. The second-order valence-electron chi connectivity index (χ2n) is 3.81. The lowest BCUT2D eigenvalue weighted by atomic mass is 10.4. The first-order valence-electron chi connectivity index (χ1n) is 5.35. The number of methoxy groups -OCH3 is 1. The third-order valence-electron chi connectivity index (χ3n) is 2.69. The first-order chi connectivity index (χ1) is 7.60. The van der Waals surface area contributed by atoms with Gasteiger partial charge in [-0.2, -0.15) is 4.31 Å². The van der Waals surface area contributed by atoms with Gasteiger partial charge in [-0.05, 0) is 13.0 Å². The lowest BCUT2D eigenvalue weighted by Crippen LogP contribution is -2.36. The molecule has 0 aromatic rings. The molecular weight excluding hydrogens is 296 g/mol. The van der Waals surface area contributed by atoms with Crippen LogP contribution in [0.5, 0.6) is 0 Å². The zero-order chi connectivity index (χ0) is 12.0. The maximum Gasteiger partial charge on any atom is 0.224 e. The quantitative estimate of drug-likeness (QED) is 0.686. The summed E-state index contributed by atoms with van der Waals surface area (Å²) in [5, 5.41) is 0. The van der Waals surface area contributed by atoms with E-state index >= 15 is 0 Å². The number of sulfonamides is 1. The van der Waals surface area contributed by atoms with Crippen LogP contribution in [0.15, 0.2) is 0 Å². The second kappa shape index (κ2) is 6.90. The molecule has 16 heavy (non-hydrogen) atoms. The Kier molecular flexibility index (Phi) is 6.20. The molecule has 0 aromatic carbocycles. The van der Waals surface area contributed by atoms with Gasteiger partial charge in [0.15, 0.2) is 0 Å². The van der Waals surface area contributed by atoms with Gasteiger partial charge in [-0.3, -0.25) is 4.90 Å². The molecule has 0 atom stereocenters. The Morgan fingerprint density at radius 3 is 2.62 bits per heavy atom. The van der Waals surface area contributed by atoms with Crippen molar-refractivity contribution in [3.8, 4) is 0 Å². The molecule has 96 valence electrons. The highest BCUT2D eigenvalue weighted by Gasteiger charge is 2.23. The van der Waals surface area contributed by atoms with Crippen LogP contribution in [0.4, 0.5) is 0 Å². The van der Waals surface area contributed by atoms with Crippen molar-refractivity contribution < 1.29 is 13.2 Å². The summed E-state index contributed by atoms with van der Waals surface area (Å²) in [4.78, 5) is 2.24. The van der Waals surface area contributed by atoms with Crippen molar-refractivity contribution >= 4 is 26.0 Å². The van der Waals surface area contributed by atoms with Crippen LogP contribution in [0.25, 0.3) is 0 Å². The van der Waals surface area contributed by atoms with Crippen LogP contribution in [-0.2, 0) is 14.8 Å². The van der Waals surface area contributed by atoms with E-state index in [1.165, 1.54) is 0 Å². The van der Waals surface area contributed by atoms with Crippen LogP contribution in [0.3, 0.4) is 0 Å². The molecule has 0 bridgehead atoms. The summed E-state index contributed by atoms with van der Waals surface area (Å²) >= 11 is 3.03. The SMILES string of the molecule is COCCN1CCCN(S(=O)(=O)CBr)CC1. The zero-order valence-electron chi connectivity index (χ0n) is 9.56. The van der Waals surface area contributed by atoms with Gasteiger partial charge in [-0.15, -0.1) is 0 Å². The first-order valence-corrected chi connectivity index (χ1v) is 8.08. The Hall–Kier alpha value is 0.310. The molecule has 0 saturated carbocycles. The van der Waals surface area contributed by atoms with Crippen LogP contribution >= 0.6 is 15.9 Å². The fraction of sp³-hybridized carbons (Fsp3) is 1.00. The van der Waals surface area contributed by atoms with E-state index in [9.17, 15) is 8.42 Å². The summed E-state index contributed by atoms with van der Waals surface area (Å²) in [6.45, 7) is 4.51. The van der Waals surface area contributed by atoms with E-state index in [1.54, 1.807) is 11.4 Å². The summed E-state index contributed by atoms with van der Waals surface area (Å²) in [5.74, 6) is 0. The number of ether oxygens (including phenoxy) is 1. The molecule has 0 amide bonds. The fourth-order valence-corrected chi connectivity index (χ4v) is 3.51. The molecule has 0 radical (unpaired) electrons. The maximum atomic E-state index is 11.7. The van der Waals surface area contributed by atoms with E-state index in [0.717, 1.165) is 26.1 Å². The Labute approximate surface area is 106 Å². The van der Waals surface area contributed by atoms with E-state index in [2.05, 4.69) is 20.8 Å². The fourth-order valence-electron chi connectivity index (χ4n) is 1.74. The molecule has 0 N–H and O–H groups in total. The number of alkyl halides is 1. The Balaban J connectivity index is 2.46. The molecule has 1 aliphatic heterocycles. The van der Waals surface area contributed by atoms with E-state index in [4.69, 9.17) is 4.74 Å². The van der Waals surface area contributed by atoms with Gasteiger partial charge in [0.25, 0.3) is 0 Å². The van der Waals surface area contributed by atoms with E-state index in [-0.39, 0.29) is 4.66 Å². The Morgan fingerprint density at radius 2 is 2.00 bits per heavy atom. The number of rotatable bonds is 5. The van der Waals surface area contributed by atoms with Crippen molar-refractivity contribution in [3.63, 3.8) is 0 Å². The highest BCUT2D eigenvalue weighted by atomic mass is 79.9. The number of nitrogens with zero attached hydrogens (tertiary/aromatic N) is 2. The molecule has 0 unspecified atom stereocenters. The molecule has 1 heterocycles. The van der Waals surface area contributed by atoms with Crippen LogP contribution in [0.1, 0.15) is 6.42 Å². The van der Waals surface area contributed by atoms with Gasteiger partial charge in [-0.25, -0.2) is 8.42 Å². The van der Waals surface area contributed by atoms with Crippen LogP contribution in [0.2, 0.25) is 0 Å². The molecule has 0 aromatic heterocycles. The molecule has 0 aliphatic carbocycles. The van der Waals surface area contributed by atoms with Gasteiger partial charge in [0.2, 0.25) is 10.0 Å². The van der Waals surface area contributed by atoms with Crippen molar-refractivity contribution in [1.82, 2.24) is 9.21 Å². The largest absolute Gasteiger partial charge is 0.383 e. The predicted octanol–water partition coefficient (Wildman–Crippen LogP) is 0.323. The van der Waals surface area contributed by atoms with Gasteiger partial charge in [0.05, 0.1) is 6.61 Å². The first kappa shape index (κ1) is 14.4. The topological polar surface area (TPSA) is 49.9 Å². The van der Waals surface area contributed by atoms with Crippen LogP contribution < -0.4 is 0 Å².